The maximum atomic E-state index is 11.2. The average Bonchev–Trinajstić information content (AvgIpc) is 2.11. The number of hydrogen-bond acceptors (Lipinski definition) is 3. The lowest BCUT2D eigenvalue weighted by Gasteiger charge is -2.23. The third-order valence-electron chi connectivity index (χ3n) is 2.02. The molecule has 0 atom stereocenters. The minimum absolute atomic E-state index is 0.186. The van der Waals surface area contributed by atoms with Crippen molar-refractivity contribution in [1.29, 1.82) is 0 Å². The highest BCUT2D eigenvalue weighted by atomic mass is 28.4. The molecule has 0 bridgehead atoms. The zero-order valence-corrected chi connectivity index (χ0v) is 14.4. The van der Waals surface area contributed by atoms with E-state index in [1.807, 2.05) is 19.6 Å². The monoisotopic (exact) mass is 298 g/mol. The van der Waals surface area contributed by atoms with Crippen LogP contribution in [0.4, 0.5) is 0 Å². The van der Waals surface area contributed by atoms with E-state index in [4.69, 9.17) is 8.85 Å². The summed E-state index contributed by atoms with van der Waals surface area (Å²) in [6.45, 7) is 12.3. The fraction of sp³-hybridized carbons (Fsp3) is 0.462. The quantitative estimate of drug-likeness (QED) is 0.840. The highest BCUT2D eigenvalue weighted by molar-refractivity contribution is 6.70. The Morgan fingerprint density at radius 1 is 1.00 bits per heavy atom. The Labute approximate surface area is 116 Å². The molecule has 1 N–H and O–H groups in total. The largest absolute Gasteiger partial charge is 0.544 e. The minimum atomic E-state index is -1.86. The first-order chi connectivity index (χ1) is 8.48. The van der Waals surface area contributed by atoms with Gasteiger partial charge < -0.3 is 14.0 Å². The van der Waals surface area contributed by atoms with Crippen molar-refractivity contribution >= 4 is 22.6 Å². The van der Waals surface area contributed by atoms with E-state index in [1.54, 1.807) is 18.2 Å². The summed E-state index contributed by atoms with van der Waals surface area (Å²) in [4.78, 5) is 11.2. The molecule has 0 aliphatic carbocycles. The minimum Gasteiger partial charge on any atom is -0.544 e. The lowest BCUT2D eigenvalue weighted by atomic mass is 10.2. The van der Waals surface area contributed by atoms with E-state index in [-0.39, 0.29) is 5.56 Å². The molecule has 106 valence electrons. The average molecular weight is 298 g/mol. The van der Waals surface area contributed by atoms with Gasteiger partial charge in [0.25, 0.3) is 0 Å². The van der Waals surface area contributed by atoms with Crippen LogP contribution in [0.25, 0.3) is 0 Å². The summed E-state index contributed by atoms with van der Waals surface area (Å²) in [6, 6.07) is 4.94. The molecule has 0 saturated carbocycles. The van der Waals surface area contributed by atoms with Crippen molar-refractivity contribution < 1.29 is 18.8 Å². The van der Waals surface area contributed by atoms with Gasteiger partial charge in [0.15, 0.2) is 0 Å². The molecule has 0 radical (unpaired) electrons. The zero-order chi connectivity index (χ0) is 14.8. The van der Waals surface area contributed by atoms with Crippen LogP contribution in [0.2, 0.25) is 39.3 Å². The van der Waals surface area contributed by atoms with Crippen LogP contribution in [0.3, 0.4) is 0 Å². The Hall–Kier alpha value is -1.28. The predicted molar refractivity (Wildman–Crippen MR) is 81.3 cm³/mol. The summed E-state index contributed by atoms with van der Waals surface area (Å²) in [5.41, 5.74) is 0.186. The molecule has 1 rings (SSSR count). The first-order valence-electron chi connectivity index (χ1n) is 6.23. The number of hydrogen-bond donors (Lipinski definition) is 1. The van der Waals surface area contributed by atoms with E-state index < -0.39 is 22.6 Å². The second-order valence-corrected chi connectivity index (χ2v) is 15.2. The van der Waals surface area contributed by atoms with Gasteiger partial charge in [0.1, 0.15) is 17.1 Å². The van der Waals surface area contributed by atoms with Gasteiger partial charge in [0, 0.05) is 6.07 Å². The molecule has 1 aromatic carbocycles. The Bertz CT molecular complexity index is 473. The van der Waals surface area contributed by atoms with Crippen molar-refractivity contribution in [3.8, 4) is 11.5 Å². The molecule has 0 spiro atoms. The topological polar surface area (TPSA) is 55.8 Å². The Balaban J connectivity index is 3.15. The third-order valence-corrected chi connectivity index (χ3v) is 3.70. The molecule has 0 unspecified atom stereocenters. The van der Waals surface area contributed by atoms with E-state index in [0.29, 0.717) is 11.5 Å². The molecule has 0 aliphatic rings. The highest BCUT2D eigenvalue weighted by Gasteiger charge is 2.23. The van der Waals surface area contributed by atoms with E-state index in [2.05, 4.69) is 19.6 Å². The van der Waals surface area contributed by atoms with Gasteiger partial charge in [-0.15, -0.1) is 0 Å². The van der Waals surface area contributed by atoms with Gasteiger partial charge in [-0.1, -0.05) is 0 Å². The summed E-state index contributed by atoms with van der Waals surface area (Å²) in [6.07, 6.45) is 0. The molecular weight excluding hydrogens is 276 g/mol. The van der Waals surface area contributed by atoms with Gasteiger partial charge in [-0.2, -0.15) is 0 Å². The second kappa shape index (κ2) is 5.38. The zero-order valence-electron chi connectivity index (χ0n) is 12.4. The van der Waals surface area contributed by atoms with Crippen LogP contribution in [0, 0.1) is 0 Å². The van der Waals surface area contributed by atoms with Gasteiger partial charge in [0.05, 0.1) is 0 Å². The lowest BCUT2D eigenvalue weighted by molar-refractivity contribution is 0.0695. The van der Waals surface area contributed by atoms with Crippen molar-refractivity contribution in [2.24, 2.45) is 0 Å². The van der Waals surface area contributed by atoms with Gasteiger partial charge in [0.2, 0.25) is 16.6 Å². The van der Waals surface area contributed by atoms with Gasteiger partial charge in [-0.3, -0.25) is 0 Å². The standard InChI is InChI=1S/C13H22O4Si2/c1-18(2,3)16-10-7-8-11(13(14)15)12(9-10)17-19(4,5)6/h7-9H,1-6H3,(H,14,15). The number of carboxylic acids is 1. The van der Waals surface area contributed by atoms with Crippen LogP contribution in [0.5, 0.6) is 11.5 Å². The SMILES string of the molecule is C[Si](C)(C)Oc1ccc(C(=O)O)c(O[Si](C)(C)C)c1. The van der Waals surface area contributed by atoms with E-state index in [1.165, 1.54) is 0 Å². The van der Waals surface area contributed by atoms with E-state index >= 15 is 0 Å². The molecule has 0 heterocycles. The van der Waals surface area contributed by atoms with Crippen molar-refractivity contribution in [2.45, 2.75) is 39.3 Å². The van der Waals surface area contributed by atoms with E-state index in [0.717, 1.165) is 0 Å². The van der Waals surface area contributed by atoms with Crippen molar-refractivity contribution in [1.82, 2.24) is 0 Å². The first-order valence-corrected chi connectivity index (χ1v) is 13.0. The molecule has 6 heteroatoms. The molecule has 1 aromatic rings. The Morgan fingerprint density at radius 3 is 1.95 bits per heavy atom. The molecular formula is C13H22O4Si2. The number of carboxylic acid groups (broad SMARTS) is 1. The summed E-state index contributed by atoms with van der Waals surface area (Å²) < 4.78 is 11.7. The fourth-order valence-corrected chi connectivity index (χ4v) is 3.17. The predicted octanol–water partition coefficient (Wildman–Crippen LogP) is 3.81. The van der Waals surface area contributed by atoms with Crippen LogP contribution in [0.1, 0.15) is 10.4 Å². The molecule has 0 fully saturated rings. The van der Waals surface area contributed by atoms with Crippen LogP contribution in [-0.2, 0) is 0 Å². The van der Waals surface area contributed by atoms with Gasteiger partial charge in [-0.05, 0) is 51.4 Å². The highest BCUT2D eigenvalue weighted by Crippen LogP contribution is 2.28. The second-order valence-electron chi connectivity index (χ2n) is 6.39. The summed E-state index contributed by atoms with van der Waals surface area (Å²) in [5.74, 6) is 0.104. The lowest BCUT2D eigenvalue weighted by Crippen LogP contribution is -2.31. The fourth-order valence-electron chi connectivity index (χ4n) is 1.51. The first kappa shape index (κ1) is 15.8. The molecule has 0 aromatic heterocycles. The van der Waals surface area contributed by atoms with Gasteiger partial charge >= 0.3 is 5.97 Å². The molecule has 19 heavy (non-hydrogen) atoms. The normalized spacial score (nSPS) is 12.1. The van der Waals surface area contributed by atoms with E-state index in [9.17, 15) is 9.90 Å². The summed E-state index contributed by atoms with van der Waals surface area (Å²) in [5, 5.41) is 9.19. The Kier molecular flexibility index (Phi) is 4.47. The van der Waals surface area contributed by atoms with Crippen molar-refractivity contribution in [3.05, 3.63) is 23.8 Å². The number of benzene rings is 1. The smallest absolute Gasteiger partial charge is 0.339 e. The summed E-state index contributed by atoms with van der Waals surface area (Å²) in [7, 11) is -3.58. The third kappa shape index (κ3) is 5.48. The Morgan fingerprint density at radius 2 is 1.53 bits per heavy atom. The maximum Gasteiger partial charge on any atom is 0.339 e. The number of aromatic carboxylic acids is 1. The number of rotatable bonds is 5. The number of carbonyl (C=O) groups is 1. The van der Waals surface area contributed by atoms with Crippen LogP contribution >= 0.6 is 0 Å². The van der Waals surface area contributed by atoms with Gasteiger partial charge in [-0.25, -0.2) is 4.79 Å². The molecule has 4 nitrogen and oxygen atoms in total. The van der Waals surface area contributed by atoms with Crippen molar-refractivity contribution in [2.75, 3.05) is 0 Å². The van der Waals surface area contributed by atoms with Crippen LogP contribution in [0.15, 0.2) is 18.2 Å². The van der Waals surface area contributed by atoms with Crippen LogP contribution < -0.4 is 8.85 Å². The maximum absolute atomic E-state index is 11.2. The van der Waals surface area contributed by atoms with Crippen molar-refractivity contribution in [3.63, 3.8) is 0 Å². The molecule has 0 aliphatic heterocycles. The summed E-state index contributed by atoms with van der Waals surface area (Å²) >= 11 is 0. The molecule has 0 saturated heterocycles. The molecule has 0 amide bonds. The van der Waals surface area contributed by atoms with Crippen LogP contribution in [-0.4, -0.2) is 27.7 Å².